The van der Waals surface area contributed by atoms with Crippen LogP contribution in [0.15, 0.2) is 42.5 Å². The lowest BCUT2D eigenvalue weighted by Crippen LogP contribution is -2.41. The fraction of sp³-hybridized carbons (Fsp3) is 0.412. The summed E-state index contributed by atoms with van der Waals surface area (Å²) in [5.74, 6) is -1.95. The first-order valence-electron chi connectivity index (χ1n) is 7.34. The van der Waals surface area contributed by atoms with E-state index in [9.17, 15) is 14.7 Å². The van der Waals surface area contributed by atoms with Crippen molar-refractivity contribution in [2.24, 2.45) is 23.7 Å². The first kappa shape index (κ1) is 13.9. The maximum absolute atomic E-state index is 12.5. The lowest BCUT2D eigenvalue weighted by atomic mass is 9.82. The molecule has 4 nitrogen and oxygen atoms in total. The van der Waals surface area contributed by atoms with E-state index in [1.807, 2.05) is 49.4 Å². The molecule has 3 unspecified atom stereocenters. The van der Waals surface area contributed by atoms with Crippen molar-refractivity contribution in [2.75, 3.05) is 0 Å². The Bertz CT molecular complexity index is 581. The third kappa shape index (κ3) is 2.46. The number of aliphatic carboxylic acids is 1. The van der Waals surface area contributed by atoms with E-state index in [1.165, 1.54) is 0 Å². The molecule has 21 heavy (non-hydrogen) atoms. The van der Waals surface area contributed by atoms with Gasteiger partial charge in [-0.1, -0.05) is 42.5 Å². The van der Waals surface area contributed by atoms with E-state index >= 15 is 0 Å². The normalized spacial score (nSPS) is 31.1. The van der Waals surface area contributed by atoms with Crippen LogP contribution in [0.2, 0.25) is 0 Å². The van der Waals surface area contributed by atoms with Gasteiger partial charge < -0.3 is 10.4 Å². The van der Waals surface area contributed by atoms with Crippen LogP contribution in [0, 0.1) is 23.7 Å². The third-order valence-electron chi connectivity index (χ3n) is 4.71. The molecule has 0 heterocycles. The summed E-state index contributed by atoms with van der Waals surface area (Å²) in [6.07, 6.45) is 4.74. The van der Waals surface area contributed by atoms with Gasteiger partial charge in [-0.05, 0) is 30.7 Å². The zero-order chi connectivity index (χ0) is 15.0. The van der Waals surface area contributed by atoms with Crippen LogP contribution in [-0.2, 0) is 9.59 Å². The number of amides is 1. The van der Waals surface area contributed by atoms with E-state index in [0.29, 0.717) is 0 Å². The molecular weight excluding hydrogens is 266 g/mol. The molecule has 5 atom stereocenters. The SMILES string of the molecule is CC(NC(=O)[C@H]1C2C=CC(C2)[C@H]1C(=O)O)c1ccccc1. The quantitative estimate of drug-likeness (QED) is 0.835. The Morgan fingerprint density at radius 1 is 1.14 bits per heavy atom. The van der Waals surface area contributed by atoms with E-state index in [-0.39, 0.29) is 23.8 Å². The van der Waals surface area contributed by atoms with E-state index in [2.05, 4.69) is 5.32 Å². The first-order chi connectivity index (χ1) is 10.1. The molecule has 110 valence electrons. The Balaban J connectivity index is 1.73. The number of hydrogen-bond donors (Lipinski definition) is 2. The van der Waals surface area contributed by atoms with Gasteiger partial charge in [-0.15, -0.1) is 0 Å². The second kappa shape index (κ2) is 5.35. The van der Waals surface area contributed by atoms with Gasteiger partial charge in [0.1, 0.15) is 0 Å². The molecule has 4 heteroatoms. The molecule has 0 aliphatic heterocycles. The molecule has 2 N–H and O–H groups in total. The van der Waals surface area contributed by atoms with E-state index in [0.717, 1.165) is 12.0 Å². The maximum atomic E-state index is 12.5. The molecule has 0 saturated heterocycles. The Kier molecular flexibility index (Phi) is 3.53. The minimum Gasteiger partial charge on any atom is -0.481 e. The zero-order valence-electron chi connectivity index (χ0n) is 11.9. The number of rotatable bonds is 4. The molecule has 1 amide bonds. The smallest absolute Gasteiger partial charge is 0.307 e. The van der Waals surface area contributed by atoms with Crippen LogP contribution in [0.1, 0.15) is 24.9 Å². The molecule has 1 aromatic carbocycles. The summed E-state index contributed by atoms with van der Waals surface area (Å²) in [6, 6.07) is 9.59. The Morgan fingerprint density at radius 3 is 2.38 bits per heavy atom. The van der Waals surface area contributed by atoms with Crippen LogP contribution in [0.25, 0.3) is 0 Å². The van der Waals surface area contributed by atoms with Crippen molar-refractivity contribution in [2.45, 2.75) is 19.4 Å². The predicted molar refractivity (Wildman–Crippen MR) is 78.4 cm³/mol. The number of nitrogens with one attached hydrogen (secondary N) is 1. The predicted octanol–water partition coefficient (Wildman–Crippen LogP) is 2.39. The van der Waals surface area contributed by atoms with Crippen LogP contribution < -0.4 is 5.32 Å². The van der Waals surface area contributed by atoms with Crippen LogP contribution in [0.3, 0.4) is 0 Å². The molecule has 2 aliphatic carbocycles. The van der Waals surface area contributed by atoms with E-state index in [4.69, 9.17) is 0 Å². The van der Waals surface area contributed by atoms with Gasteiger partial charge >= 0.3 is 5.97 Å². The van der Waals surface area contributed by atoms with Crippen molar-refractivity contribution < 1.29 is 14.7 Å². The lowest BCUT2D eigenvalue weighted by molar-refractivity contribution is -0.148. The minimum absolute atomic E-state index is 0.00952. The number of fused-ring (bicyclic) bond motifs is 2. The van der Waals surface area contributed by atoms with Gasteiger partial charge in [0.2, 0.25) is 5.91 Å². The number of carbonyl (C=O) groups is 2. The Labute approximate surface area is 123 Å². The number of carboxylic acid groups (broad SMARTS) is 1. The second-order valence-electron chi connectivity index (χ2n) is 5.98. The van der Waals surface area contributed by atoms with Crippen LogP contribution in [-0.4, -0.2) is 17.0 Å². The van der Waals surface area contributed by atoms with Crippen molar-refractivity contribution in [1.29, 1.82) is 0 Å². The van der Waals surface area contributed by atoms with E-state index < -0.39 is 17.8 Å². The van der Waals surface area contributed by atoms with Gasteiger partial charge in [0.15, 0.2) is 0 Å². The standard InChI is InChI=1S/C17H19NO3/c1-10(11-5-3-2-4-6-11)18-16(19)14-12-7-8-13(9-12)15(14)17(20)21/h2-8,10,12-15H,9H2,1H3,(H,18,19)(H,20,21)/t10?,12?,13?,14-,15+/m0/s1. The van der Waals surface area contributed by atoms with Gasteiger partial charge in [-0.2, -0.15) is 0 Å². The first-order valence-corrected chi connectivity index (χ1v) is 7.34. The highest BCUT2D eigenvalue weighted by molar-refractivity contribution is 5.87. The van der Waals surface area contributed by atoms with Gasteiger partial charge in [0, 0.05) is 0 Å². The van der Waals surface area contributed by atoms with Crippen molar-refractivity contribution in [3.8, 4) is 0 Å². The molecule has 0 radical (unpaired) electrons. The summed E-state index contributed by atoms with van der Waals surface area (Å²) in [6.45, 7) is 1.92. The average molecular weight is 285 g/mol. The summed E-state index contributed by atoms with van der Waals surface area (Å²) < 4.78 is 0. The van der Waals surface area contributed by atoms with Crippen LogP contribution in [0.5, 0.6) is 0 Å². The van der Waals surface area contributed by atoms with Crippen molar-refractivity contribution in [1.82, 2.24) is 5.32 Å². The summed E-state index contributed by atoms with van der Waals surface area (Å²) >= 11 is 0. The highest BCUT2D eigenvalue weighted by Crippen LogP contribution is 2.48. The molecule has 0 aromatic heterocycles. The van der Waals surface area contributed by atoms with Gasteiger partial charge in [0.05, 0.1) is 17.9 Å². The molecule has 1 fully saturated rings. The summed E-state index contributed by atoms with van der Waals surface area (Å²) in [4.78, 5) is 24.0. The third-order valence-corrected chi connectivity index (χ3v) is 4.71. The van der Waals surface area contributed by atoms with Crippen LogP contribution >= 0.6 is 0 Å². The summed E-state index contributed by atoms with van der Waals surface area (Å²) in [5, 5.41) is 12.4. The van der Waals surface area contributed by atoms with Gasteiger partial charge in [-0.25, -0.2) is 0 Å². The topological polar surface area (TPSA) is 66.4 Å². The van der Waals surface area contributed by atoms with E-state index in [1.54, 1.807) is 0 Å². The molecule has 0 spiro atoms. The molecule has 2 bridgehead atoms. The van der Waals surface area contributed by atoms with Crippen LogP contribution in [0.4, 0.5) is 0 Å². The number of allylic oxidation sites excluding steroid dienone is 2. The van der Waals surface area contributed by atoms with Gasteiger partial charge in [-0.3, -0.25) is 9.59 Å². The molecule has 3 rings (SSSR count). The van der Waals surface area contributed by atoms with Crippen molar-refractivity contribution in [3.05, 3.63) is 48.0 Å². The van der Waals surface area contributed by atoms with Gasteiger partial charge in [0.25, 0.3) is 0 Å². The molecule has 2 aliphatic rings. The number of benzene rings is 1. The monoisotopic (exact) mass is 285 g/mol. The molecular formula is C17H19NO3. The van der Waals surface area contributed by atoms with Crippen molar-refractivity contribution >= 4 is 11.9 Å². The number of carboxylic acids is 1. The fourth-order valence-corrected chi connectivity index (χ4v) is 3.65. The fourth-order valence-electron chi connectivity index (χ4n) is 3.65. The second-order valence-corrected chi connectivity index (χ2v) is 5.98. The highest BCUT2D eigenvalue weighted by atomic mass is 16.4. The highest BCUT2D eigenvalue weighted by Gasteiger charge is 2.51. The average Bonchev–Trinajstić information content (AvgIpc) is 3.08. The Hall–Kier alpha value is -2.10. The summed E-state index contributed by atoms with van der Waals surface area (Å²) in [7, 11) is 0. The number of carbonyl (C=O) groups excluding carboxylic acids is 1. The molecule has 1 saturated carbocycles. The summed E-state index contributed by atoms with van der Waals surface area (Å²) in [5.41, 5.74) is 1.02. The minimum atomic E-state index is -0.862. The molecule has 1 aromatic rings. The zero-order valence-corrected chi connectivity index (χ0v) is 11.9. The lowest BCUT2D eigenvalue weighted by Gasteiger charge is -2.25. The largest absolute Gasteiger partial charge is 0.481 e. The maximum Gasteiger partial charge on any atom is 0.307 e. The Morgan fingerprint density at radius 2 is 1.76 bits per heavy atom. The van der Waals surface area contributed by atoms with Crippen molar-refractivity contribution in [3.63, 3.8) is 0 Å². The number of hydrogen-bond acceptors (Lipinski definition) is 2.